The van der Waals surface area contributed by atoms with Crippen molar-refractivity contribution in [2.24, 2.45) is 0 Å². The lowest BCUT2D eigenvalue weighted by Gasteiger charge is -2.16. The number of phenolic OH excluding ortho intramolecular Hbond substituents is 1. The topological polar surface area (TPSA) is 57.6 Å². The standard InChI is InChI=1S/C12H11BrClNO3S2/c1-15(7-8-3-2-4-9(16)5-8)20(17,18)11-6-10(14)12(13)19-11/h2-6,16H,7H2,1H3. The molecule has 0 spiro atoms. The average Bonchev–Trinajstić information content (AvgIpc) is 2.70. The molecule has 20 heavy (non-hydrogen) atoms. The zero-order valence-electron chi connectivity index (χ0n) is 10.4. The lowest BCUT2D eigenvalue weighted by Crippen LogP contribution is -2.25. The number of nitrogens with zero attached hydrogens (tertiary/aromatic N) is 1. The van der Waals surface area contributed by atoms with Crippen LogP contribution < -0.4 is 0 Å². The van der Waals surface area contributed by atoms with Crippen molar-refractivity contribution in [2.75, 3.05) is 7.05 Å². The van der Waals surface area contributed by atoms with Crippen molar-refractivity contribution in [1.82, 2.24) is 4.31 Å². The molecular weight excluding hydrogens is 386 g/mol. The van der Waals surface area contributed by atoms with Gasteiger partial charge in [-0.25, -0.2) is 8.42 Å². The van der Waals surface area contributed by atoms with Crippen LogP contribution in [0, 0.1) is 0 Å². The zero-order chi connectivity index (χ0) is 14.9. The van der Waals surface area contributed by atoms with Gasteiger partial charge < -0.3 is 5.11 Å². The Balaban J connectivity index is 2.25. The van der Waals surface area contributed by atoms with Crippen molar-refractivity contribution < 1.29 is 13.5 Å². The molecule has 4 nitrogen and oxygen atoms in total. The fraction of sp³-hybridized carbons (Fsp3) is 0.167. The van der Waals surface area contributed by atoms with E-state index < -0.39 is 10.0 Å². The summed E-state index contributed by atoms with van der Waals surface area (Å²) in [5, 5.41) is 9.77. The highest BCUT2D eigenvalue weighted by atomic mass is 79.9. The quantitative estimate of drug-likeness (QED) is 0.857. The summed E-state index contributed by atoms with van der Waals surface area (Å²) in [6.45, 7) is 0.171. The second-order valence-electron chi connectivity index (χ2n) is 4.12. The molecule has 0 fully saturated rings. The molecule has 0 radical (unpaired) electrons. The highest BCUT2D eigenvalue weighted by Gasteiger charge is 2.24. The van der Waals surface area contributed by atoms with Crippen molar-refractivity contribution >= 4 is 48.9 Å². The number of rotatable bonds is 4. The van der Waals surface area contributed by atoms with Crippen LogP contribution in [-0.4, -0.2) is 24.9 Å². The van der Waals surface area contributed by atoms with Crippen molar-refractivity contribution in [3.05, 3.63) is 44.7 Å². The van der Waals surface area contributed by atoms with E-state index in [1.54, 1.807) is 12.1 Å². The number of thiophene rings is 1. The fourth-order valence-electron chi connectivity index (χ4n) is 1.60. The van der Waals surface area contributed by atoms with Crippen LogP contribution in [0.2, 0.25) is 5.02 Å². The molecule has 1 aromatic heterocycles. The molecule has 1 heterocycles. The third-order valence-electron chi connectivity index (χ3n) is 2.60. The lowest BCUT2D eigenvalue weighted by molar-refractivity contribution is 0.459. The first kappa shape index (κ1) is 15.8. The molecule has 0 atom stereocenters. The molecule has 2 aromatic rings. The lowest BCUT2D eigenvalue weighted by atomic mass is 10.2. The number of hydrogen-bond donors (Lipinski definition) is 1. The molecule has 0 amide bonds. The molecular formula is C12H11BrClNO3S2. The van der Waals surface area contributed by atoms with Crippen LogP contribution >= 0.6 is 38.9 Å². The van der Waals surface area contributed by atoms with Crippen LogP contribution in [0.4, 0.5) is 0 Å². The first-order chi connectivity index (χ1) is 9.30. The number of halogens is 2. The van der Waals surface area contributed by atoms with Crippen LogP contribution in [0.1, 0.15) is 5.56 Å². The summed E-state index contributed by atoms with van der Waals surface area (Å²) in [6, 6.07) is 7.91. The van der Waals surface area contributed by atoms with Crippen molar-refractivity contribution in [3.63, 3.8) is 0 Å². The Kier molecular flexibility index (Phi) is 4.76. The van der Waals surface area contributed by atoms with E-state index in [9.17, 15) is 13.5 Å². The van der Waals surface area contributed by atoms with Gasteiger partial charge in [-0.1, -0.05) is 23.7 Å². The smallest absolute Gasteiger partial charge is 0.252 e. The van der Waals surface area contributed by atoms with Gasteiger partial charge in [0.05, 0.1) is 8.81 Å². The summed E-state index contributed by atoms with van der Waals surface area (Å²) in [6.07, 6.45) is 0. The van der Waals surface area contributed by atoms with Gasteiger partial charge in [0.1, 0.15) is 9.96 Å². The summed E-state index contributed by atoms with van der Waals surface area (Å²) in [7, 11) is -2.11. The number of benzene rings is 1. The number of sulfonamides is 1. The minimum Gasteiger partial charge on any atom is -0.508 e. The maximum Gasteiger partial charge on any atom is 0.252 e. The Labute approximate surface area is 134 Å². The minimum absolute atomic E-state index is 0.107. The van der Waals surface area contributed by atoms with Crippen LogP contribution in [0.3, 0.4) is 0 Å². The third kappa shape index (κ3) is 3.35. The van der Waals surface area contributed by atoms with Gasteiger partial charge in [-0.2, -0.15) is 4.31 Å². The monoisotopic (exact) mass is 395 g/mol. The van der Waals surface area contributed by atoms with E-state index in [1.165, 1.54) is 29.6 Å². The summed E-state index contributed by atoms with van der Waals surface area (Å²) in [4.78, 5) is 0. The second-order valence-corrected chi connectivity index (χ2v) is 9.17. The predicted octanol–water partition coefficient (Wildman–Crippen LogP) is 3.69. The van der Waals surface area contributed by atoms with Gasteiger partial charge in [0.25, 0.3) is 10.0 Å². The molecule has 1 aromatic carbocycles. The molecule has 1 N–H and O–H groups in total. The Morgan fingerprint density at radius 1 is 1.40 bits per heavy atom. The summed E-state index contributed by atoms with van der Waals surface area (Å²) in [5.74, 6) is 0.107. The summed E-state index contributed by atoms with van der Waals surface area (Å²) < 4.78 is 26.7. The van der Waals surface area contributed by atoms with Crippen molar-refractivity contribution in [3.8, 4) is 5.75 Å². The van der Waals surface area contributed by atoms with Crippen LogP contribution in [0.25, 0.3) is 0 Å². The molecule has 8 heteroatoms. The van der Waals surface area contributed by atoms with E-state index in [0.29, 0.717) is 14.4 Å². The molecule has 0 aliphatic carbocycles. The van der Waals surface area contributed by atoms with Crippen molar-refractivity contribution in [2.45, 2.75) is 10.8 Å². The Morgan fingerprint density at radius 2 is 2.10 bits per heavy atom. The van der Waals surface area contributed by atoms with E-state index in [2.05, 4.69) is 15.9 Å². The van der Waals surface area contributed by atoms with Crippen LogP contribution in [-0.2, 0) is 16.6 Å². The van der Waals surface area contributed by atoms with E-state index in [4.69, 9.17) is 11.6 Å². The molecule has 0 saturated heterocycles. The molecule has 108 valence electrons. The van der Waals surface area contributed by atoms with E-state index in [-0.39, 0.29) is 16.5 Å². The maximum atomic E-state index is 12.4. The fourth-order valence-corrected chi connectivity index (χ4v) is 5.37. The zero-order valence-corrected chi connectivity index (χ0v) is 14.4. The van der Waals surface area contributed by atoms with Gasteiger partial charge >= 0.3 is 0 Å². The maximum absolute atomic E-state index is 12.4. The highest BCUT2D eigenvalue weighted by molar-refractivity contribution is 9.11. The summed E-state index contributed by atoms with van der Waals surface area (Å²) in [5.41, 5.74) is 0.706. The SMILES string of the molecule is CN(Cc1cccc(O)c1)S(=O)(=O)c1cc(Cl)c(Br)s1. The Morgan fingerprint density at radius 3 is 2.65 bits per heavy atom. The van der Waals surface area contributed by atoms with Gasteiger partial charge in [-0.3, -0.25) is 0 Å². The summed E-state index contributed by atoms with van der Waals surface area (Å²) >= 11 is 10.1. The van der Waals surface area contributed by atoms with Gasteiger partial charge in [0, 0.05) is 13.6 Å². The number of aromatic hydroxyl groups is 1. The molecule has 0 saturated carbocycles. The van der Waals surface area contributed by atoms with Gasteiger partial charge in [0.2, 0.25) is 0 Å². The normalized spacial score (nSPS) is 12.0. The first-order valence-electron chi connectivity index (χ1n) is 5.50. The molecule has 0 aliphatic rings. The largest absolute Gasteiger partial charge is 0.508 e. The van der Waals surface area contributed by atoms with E-state index in [1.807, 2.05) is 0 Å². The number of hydrogen-bond acceptors (Lipinski definition) is 4. The van der Waals surface area contributed by atoms with E-state index in [0.717, 1.165) is 11.3 Å². The van der Waals surface area contributed by atoms with Gasteiger partial charge in [0.15, 0.2) is 0 Å². The predicted molar refractivity (Wildman–Crippen MR) is 83.8 cm³/mol. The second kappa shape index (κ2) is 6.03. The van der Waals surface area contributed by atoms with E-state index >= 15 is 0 Å². The molecule has 0 unspecified atom stereocenters. The molecule has 0 bridgehead atoms. The van der Waals surface area contributed by atoms with Crippen molar-refractivity contribution in [1.29, 1.82) is 0 Å². The minimum atomic E-state index is -3.60. The van der Waals surface area contributed by atoms with Crippen LogP contribution in [0.15, 0.2) is 38.3 Å². The average molecular weight is 397 g/mol. The van der Waals surface area contributed by atoms with Gasteiger partial charge in [-0.15, -0.1) is 11.3 Å². The highest BCUT2D eigenvalue weighted by Crippen LogP contribution is 2.35. The first-order valence-corrected chi connectivity index (χ1v) is 8.92. The Hall–Kier alpha value is -0.600. The third-order valence-corrected chi connectivity index (χ3v) is 7.33. The van der Waals surface area contributed by atoms with Crippen LogP contribution in [0.5, 0.6) is 5.75 Å². The molecule has 2 rings (SSSR count). The Bertz CT molecular complexity index is 711. The molecule has 0 aliphatic heterocycles. The number of phenols is 1. The van der Waals surface area contributed by atoms with Gasteiger partial charge in [-0.05, 0) is 39.7 Å².